The lowest BCUT2D eigenvalue weighted by molar-refractivity contribution is -0.201. The summed E-state index contributed by atoms with van der Waals surface area (Å²) in [7, 11) is 1.41. The number of nitrogens with zero attached hydrogens (tertiary/aromatic N) is 1. The number of Topliss-reactive ketones (excluding diaryl/α,β-unsaturated/α-hetero) is 1. The number of para-hydroxylation sites is 1. The third kappa shape index (κ3) is 3.21. The summed E-state index contributed by atoms with van der Waals surface area (Å²) in [5, 5.41) is 0. The fourth-order valence-electron chi connectivity index (χ4n) is 2.62. The molecule has 8 heteroatoms. The van der Waals surface area contributed by atoms with Gasteiger partial charge < -0.3 is 19.2 Å². The van der Waals surface area contributed by atoms with Crippen LogP contribution < -0.4 is 4.74 Å². The van der Waals surface area contributed by atoms with E-state index in [4.69, 9.17) is 14.2 Å². The number of H-pyrrole nitrogens is 1. The fraction of sp³-hybridized carbons (Fsp3) is 0.222. The smallest absolute Gasteiger partial charge is 0.334 e. The first-order chi connectivity index (χ1) is 12.4. The minimum Gasteiger partial charge on any atom is -0.496 e. The van der Waals surface area contributed by atoms with Crippen molar-refractivity contribution < 1.29 is 28.6 Å². The van der Waals surface area contributed by atoms with Gasteiger partial charge in [0.05, 0.1) is 31.1 Å². The summed E-state index contributed by atoms with van der Waals surface area (Å²) in [5.41, 5.74) is 1.20. The van der Waals surface area contributed by atoms with Gasteiger partial charge in [-0.3, -0.25) is 4.79 Å². The molecule has 0 radical (unpaired) electrons. The molecule has 0 fully saturated rings. The summed E-state index contributed by atoms with van der Waals surface area (Å²) < 4.78 is 15.8. The van der Waals surface area contributed by atoms with Crippen LogP contribution in [0.1, 0.15) is 21.7 Å². The number of rotatable bonds is 5. The van der Waals surface area contributed by atoms with Crippen molar-refractivity contribution in [1.29, 1.82) is 0 Å². The van der Waals surface area contributed by atoms with E-state index in [1.807, 2.05) is 0 Å². The van der Waals surface area contributed by atoms with Crippen molar-refractivity contribution in [2.75, 3.05) is 7.11 Å². The van der Waals surface area contributed by atoms with Crippen molar-refractivity contribution in [3.8, 4) is 5.75 Å². The minimum absolute atomic E-state index is 0.116. The predicted octanol–water partition coefficient (Wildman–Crippen LogP) is 1.50. The molecule has 26 heavy (non-hydrogen) atoms. The Morgan fingerprint density at radius 1 is 1.19 bits per heavy atom. The number of imidazole rings is 1. The van der Waals surface area contributed by atoms with Gasteiger partial charge in [0.15, 0.2) is 0 Å². The number of esters is 2. The SMILES string of the molecule is COc1ccccc1C(=O)C1(Cc2nc[nH]c2C)OC(=O)C=CC(=O)O1. The van der Waals surface area contributed by atoms with Crippen LogP contribution in [0.4, 0.5) is 0 Å². The maximum atomic E-state index is 13.3. The molecule has 0 bridgehead atoms. The molecule has 1 aromatic heterocycles. The maximum absolute atomic E-state index is 13.3. The molecule has 1 aliphatic rings. The van der Waals surface area contributed by atoms with Crippen LogP contribution in [0.25, 0.3) is 0 Å². The number of ether oxygens (including phenoxy) is 3. The molecule has 3 rings (SSSR count). The van der Waals surface area contributed by atoms with Gasteiger partial charge in [0.1, 0.15) is 5.75 Å². The van der Waals surface area contributed by atoms with Crippen LogP contribution in [0.5, 0.6) is 5.75 Å². The number of hydrogen-bond donors (Lipinski definition) is 1. The number of nitrogens with one attached hydrogen (secondary N) is 1. The van der Waals surface area contributed by atoms with Gasteiger partial charge in [-0.15, -0.1) is 0 Å². The zero-order valence-corrected chi connectivity index (χ0v) is 14.1. The normalized spacial score (nSPS) is 15.8. The van der Waals surface area contributed by atoms with Crippen molar-refractivity contribution in [1.82, 2.24) is 9.97 Å². The summed E-state index contributed by atoms with van der Waals surface area (Å²) in [6.45, 7) is 1.74. The van der Waals surface area contributed by atoms with E-state index in [2.05, 4.69) is 9.97 Å². The van der Waals surface area contributed by atoms with Gasteiger partial charge in [0.25, 0.3) is 5.78 Å². The second-order valence-electron chi connectivity index (χ2n) is 5.61. The zero-order valence-electron chi connectivity index (χ0n) is 14.1. The Bertz CT molecular complexity index is 879. The molecule has 0 atom stereocenters. The second kappa shape index (κ2) is 6.83. The molecule has 1 N–H and O–H groups in total. The van der Waals surface area contributed by atoms with Gasteiger partial charge in [-0.1, -0.05) is 12.1 Å². The lowest BCUT2D eigenvalue weighted by atomic mass is 9.97. The molecular weight excluding hydrogens is 340 g/mol. The van der Waals surface area contributed by atoms with Crippen molar-refractivity contribution in [3.63, 3.8) is 0 Å². The Balaban J connectivity index is 2.11. The molecule has 1 aliphatic heterocycles. The van der Waals surface area contributed by atoms with Gasteiger partial charge in [0, 0.05) is 17.8 Å². The van der Waals surface area contributed by atoms with Crippen molar-refractivity contribution >= 4 is 17.7 Å². The molecule has 2 aromatic rings. The molecule has 0 spiro atoms. The highest BCUT2D eigenvalue weighted by Gasteiger charge is 2.49. The third-order valence-corrected chi connectivity index (χ3v) is 3.92. The van der Waals surface area contributed by atoms with E-state index in [-0.39, 0.29) is 17.7 Å². The first kappa shape index (κ1) is 17.4. The standard InChI is InChI=1S/C18H16N2O6/c1-11-13(20-10-19-11)9-18(25-15(21)7-8-16(22)26-18)17(23)12-5-3-4-6-14(12)24-2/h3-8,10H,9H2,1-2H3,(H,19,20). The summed E-state index contributed by atoms with van der Waals surface area (Å²) in [6.07, 6.45) is 3.02. The minimum atomic E-state index is -2.19. The van der Waals surface area contributed by atoms with Crippen LogP contribution in [0, 0.1) is 6.92 Å². The molecule has 0 unspecified atom stereocenters. The molecule has 0 saturated carbocycles. The van der Waals surface area contributed by atoms with Crippen molar-refractivity contribution in [2.24, 2.45) is 0 Å². The summed E-state index contributed by atoms with van der Waals surface area (Å²) in [5.74, 6) is -4.38. The average Bonchev–Trinajstić information content (AvgIpc) is 2.96. The second-order valence-corrected chi connectivity index (χ2v) is 5.61. The number of aromatic amines is 1. The monoisotopic (exact) mass is 356 g/mol. The Morgan fingerprint density at radius 3 is 2.42 bits per heavy atom. The number of ketones is 1. The van der Waals surface area contributed by atoms with Gasteiger partial charge >= 0.3 is 17.7 Å². The van der Waals surface area contributed by atoms with Crippen LogP contribution in [-0.4, -0.2) is 40.6 Å². The van der Waals surface area contributed by atoms with E-state index < -0.39 is 23.5 Å². The first-order valence-electron chi connectivity index (χ1n) is 7.76. The lowest BCUT2D eigenvalue weighted by Gasteiger charge is -2.29. The first-order valence-corrected chi connectivity index (χ1v) is 7.76. The summed E-state index contributed by atoms with van der Waals surface area (Å²) >= 11 is 0. The van der Waals surface area contributed by atoms with Crippen LogP contribution in [-0.2, 0) is 25.5 Å². The maximum Gasteiger partial charge on any atom is 0.334 e. The van der Waals surface area contributed by atoms with Gasteiger partial charge in [-0.2, -0.15) is 0 Å². The molecule has 0 aliphatic carbocycles. The van der Waals surface area contributed by atoms with Gasteiger partial charge in [0.2, 0.25) is 0 Å². The number of aryl methyl sites for hydroxylation is 1. The number of carbonyl (C=O) groups is 3. The van der Waals surface area contributed by atoms with Crippen molar-refractivity contribution in [3.05, 3.63) is 59.7 Å². The summed E-state index contributed by atoms with van der Waals surface area (Å²) in [4.78, 5) is 44.3. The number of aromatic nitrogens is 2. The number of carbonyl (C=O) groups excluding carboxylic acids is 3. The Labute approximate surface area is 148 Å². The molecule has 0 amide bonds. The highest BCUT2D eigenvalue weighted by atomic mass is 16.7. The quantitative estimate of drug-likeness (QED) is 0.639. The predicted molar refractivity (Wildman–Crippen MR) is 88.4 cm³/mol. The van der Waals surface area contributed by atoms with E-state index in [0.29, 0.717) is 11.4 Å². The van der Waals surface area contributed by atoms with Crippen LogP contribution in [0.3, 0.4) is 0 Å². The Hall–Kier alpha value is -3.42. The number of benzene rings is 1. The van der Waals surface area contributed by atoms with E-state index in [1.165, 1.54) is 19.5 Å². The molecule has 8 nitrogen and oxygen atoms in total. The molecule has 134 valence electrons. The highest BCUT2D eigenvalue weighted by Crippen LogP contribution is 2.31. The third-order valence-electron chi connectivity index (χ3n) is 3.92. The van der Waals surface area contributed by atoms with Crippen molar-refractivity contribution in [2.45, 2.75) is 19.1 Å². The zero-order chi connectivity index (χ0) is 18.7. The average molecular weight is 356 g/mol. The van der Waals surface area contributed by atoms with E-state index >= 15 is 0 Å². The Kier molecular flexibility index (Phi) is 4.57. The van der Waals surface area contributed by atoms with Crippen LogP contribution in [0.15, 0.2) is 42.7 Å². The number of hydrogen-bond acceptors (Lipinski definition) is 7. The highest BCUT2D eigenvalue weighted by molar-refractivity contribution is 6.07. The fourth-order valence-corrected chi connectivity index (χ4v) is 2.62. The topological polar surface area (TPSA) is 108 Å². The number of cyclic esters (lactones) is 2. The molecule has 2 heterocycles. The molecule has 0 saturated heterocycles. The van der Waals surface area contributed by atoms with E-state index in [1.54, 1.807) is 25.1 Å². The summed E-state index contributed by atoms with van der Waals surface area (Å²) in [6, 6.07) is 6.40. The van der Waals surface area contributed by atoms with Crippen LogP contribution >= 0.6 is 0 Å². The van der Waals surface area contributed by atoms with E-state index in [0.717, 1.165) is 12.2 Å². The molecular formula is C18H16N2O6. The van der Waals surface area contributed by atoms with Gasteiger partial charge in [-0.25, -0.2) is 14.6 Å². The Morgan fingerprint density at radius 2 is 1.85 bits per heavy atom. The van der Waals surface area contributed by atoms with Gasteiger partial charge in [-0.05, 0) is 19.1 Å². The lowest BCUT2D eigenvalue weighted by Crippen LogP contribution is -2.48. The largest absolute Gasteiger partial charge is 0.496 e. The molecule has 1 aromatic carbocycles. The van der Waals surface area contributed by atoms with E-state index in [9.17, 15) is 14.4 Å². The number of methoxy groups -OCH3 is 1. The van der Waals surface area contributed by atoms with Crippen LogP contribution in [0.2, 0.25) is 0 Å².